The maximum atomic E-state index is 12.3. The summed E-state index contributed by atoms with van der Waals surface area (Å²) in [5.41, 5.74) is 0. The van der Waals surface area contributed by atoms with E-state index in [0.717, 1.165) is 15.8 Å². The van der Waals surface area contributed by atoms with Crippen LogP contribution in [-0.2, 0) is 6.42 Å². The smallest absolute Gasteiger partial charge is 0.265 e. The highest BCUT2D eigenvalue weighted by molar-refractivity contribution is 9.10. The maximum absolute atomic E-state index is 12.3. The second-order valence-corrected chi connectivity index (χ2v) is 6.95. The average molecular weight is 344 g/mol. The minimum absolute atomic E-state index is 0.0842. The molecular weight excluding hydrogens is 330 g/mol. The van der Waals surface area contributed by atoms with Crippen molar-refractivity contribution < 1.29 is 4.79 Å². The molecule has 0 radical (unpaired) electrons. The molecule has 0 aliphatic heterocycles. The number of halogens is 1. The molecule has 2 aromatic heterocycles. The van der Waals surface area contributed by atoms with Gasteiger partial charge in [-0.1, -0.05) is 6.07 Å². The molecule has 2 aromatic rings. The zero-order valence-corrected chi connectivity index (χ0v) is 13.4. The number of rotatable bonds is 4. The van der Waals surface area contributed by atoms with Gasteiger partial charge in [-0.05, 0) is 45.7 Å². The summed E-state index contributed by atoms with van der Waals surface area (Å²) in [4.78, 5) is 16.2. The predicted octanol–water partition coefficient (Wildman–Crippen LogP) is 4.28. The van der Waals surface area contributed by atoms with Crippen molar-refractivity contribution in [2.75, 3.05) is 7.05 Å². The van der Waals surface area contributed by atoms with E-state index in [9.17, 15) is 4.79 Å². The highest BCUT2D eigenvalue weighted by Gasteiger charge is 2.20. The van der Waals surface area contributed by atoms with Gasteiger partial charge in [0.1, 0.15) is 4.88 Å². The van der Waals surface area contributed by atoms with E-state index in [0.29, 0.717) is 0 Å². The summed E-state index contributed by atoms with van der Waals surface area (Å²) in [6, 6.07) is 6.27. The van der Waals surface area contributed by atoms with Crippen LogP contribution >= 0.6 is 38.6 Å². The summed E-state index contributed by atoms with van der Waals surface area (Å²) >= 11 is 6.62. The molecule has 1 atom stereocenters. The number of hydrogen-bond donors (Lipinski definition) is 0. The Balaban J connectivity index is 2.05. The molecule has 18 heavy (non-hydrogen) atoms. The third-order valence-electron chi connectivity index (χ3n) is 2.87. The van der Waals surface area contributed by atoms with Gasteiger partial charge in [-0.25, -0.2) is 0 Å². The molecule has 2 heterocycles. The van der Waals surface area contributed by atoms with Crippen LogP contribution in [0.15, 0.2) is 33.4 Å². The van der Waals surface area contributed by atoms with E-state index in [1.807, 2.05) is 29.5 Å². The zero-order valence-electron chi connectivity index (χ0n) is 10.2. The van der Waals surface area contributed by atoms with Gasteiger partial charge in [-0.3, -0.25) is 4.79 Å². The number of likely N-dealkylation sites (N-methyl/N-ethyl adjacent to an activating group) is 1. The first-order valence-electron chi connectivity index (χ1n) is 5.62. The summed E-state index contributed by atoms with van der Waals surface area (Å²) in [7, 11) is 1.87. The van der Waals surface area contributed by atoms with Gasteiger partial charge in [0.25, 0.3) is 5.91 Å². The van der Waals surface area contributed by atoms with Gasteiger partial charge >= 0.3 is 0 Å². The Kier molecular flexibility index (Phi) is 4.59. The zero-order chi connectivity index (χ0) is 13.1. The van der Waals surface area contributed by atoms with Crippen molar-refractivity contribution >= 4 is 44.5 Å². The Morgan fingerprint density at radius 1 is 1.39 bits per heavy atom. The lowest BCUT2D eigenvalue weighted by Crippen LogP contribution is -2.36. The van der Waals surface area contributed by atoms with Gasteiger partial charge in [0, 0.05) is 28.9 Å². The van der Waals surface area contributed by atoms with Crippen molar-refractivity contribution in [1.29, 1.82) is 0 Å². The molecule has 2 rings (SSSR count). The van der Waals surface area contributed by atoms with Crippen LogP contribution in [0.1, 0.15) is 21.5 Å². The number of thiophene rings is 2. The standard InChI is InChI=1S/C13H14BrNOS2/c1-9(8-10-4-3-6-17-10)15(2)13(16)12-11(14)5-7-18-12/h3-7,9H,8H2,1-2H3. The van der Waals surface area contributed by atoms with Crippen molar-refractivity contribution in [3.05, 3.63) is 43.2 Å². The summed E-state index contributed by atoms with van der Waals surface area (Å²) in [6.07, 6.45) is 0.906. The summed E-state index contributed by atoms with van der Waals surface area (Å²) in [6.45, 7) is 2.08. The van der Waals surface area contributed by atoms with E-state index in [1.54, 1.807) is 11.3 Å². The molecule has 0 spiro atoms. The molecule has 0 bridgehead atoms. The lowest BCUT2D eigenvalue weighted by Gasteiger charge is -2.24. The second kappa shape index (κ2) is 5.99. The fraction of sp³-hybridized carbons (Fsp3) is 0.308. The SMILES string of the molecule is CC(Cc1cccs1)N(C)C(=O)c1sccc1Br. The fourth-order valence-corrected chi connectivity index (χ4v) is 4.01. The Labute approximate surface area is 123 Å². The van der Waals surface area contributed by atoms with Crippen LogP contribution in [0.25, 0.3) is 0 Å². The van der Waals surface area contributed by atoms with E-state index < -0.39 is 0 Å². The Bertz CT molecular complexity index is 521. The van der Waals surface area contributed by atoms with Crippen LogP contribution in [0.2, 0.25) is 0 Å². The minimum Gasteiger partial charge on any atom is -0.338 e. The van der Waals surface area contributed by atoms with Crippen molar-refractivity contribution in [3.8, 4) is 0 Å². The summed E-state index contributed by atoms with van der Waals surface area (Å²) in [5, 5.41) is 3.99. The molecule has 96 valence electrons. The van der Waals surface area contributed by atoms with Crippen LogP contribution in [0, 0.1) is 0 Å². The monoisotopic (exact) mass is 343 g/mol. The molecule has 0 aliphatic rings. The topological polar surface area (TPSA) is 20.3 Å². The number of amides is 1. The largest absolute Gasteiger partial charge is 0.338 e. The van der Waals surface area contributed by atoms with Gasteiger partial charge in [0.05, 0.1) is 0 Å². The molecule has 0 saturated carbocycles. The lowest BCUT2D eigenvalue weighted by molar-refractivity contribution is 0.0748. The first-order chi connectivity index (χ1) is 8.59. The Morgan fingerprint density at radius 2 is 2.17 bits per heavy atom. The van der Waals surface area contributed by atoms with Gasteiger partial charge < -0.3 is 4.90 Å². The van der Waals surface area contributed by atoms with E-state index in [2.05, 4.69) is 34.3 Å². The number of carbonyl (C=O) groups excluding carboxylic acids is 1. The lowest BCUT2D eigenvalue weighted by atomic mass is 10.2. The highest BCUT2D eigenvalue weighted by atomic mass is 79.9. The van der Waals surface area contributed by atoms with Crippen molar-refractivity contribution in [1.82, 2.24) is 4.90 Å². The second-order valence-electron chi connectivity index (χ2n) is 4.15. The van der Waals surface area contributed by atoms with Crippen molar-refractivity contribution in [2.45, 2.75) is 19.4 Å². The third-order valence-corrected chi connectivity index (χ3v) is 5.59. The first kappa shape index (κ1) is 13.8. The maximum Gasteiger partial charge on any atom is 0.265 e. The van der Waals surface area contributed by atoms with Crippen molar-refractivity contribution in [3.63, 3.8) is 0 Å². The number of hydrogen-bond acceptors (Lipinski definition) is 3. The van der Waals surface area contributed by atoms with Crippen LogP contribution < -0.4 is 0 Å². The van der Waals surface area contributed by atoms with E-state index >= 15 is 0 Å². The highest BCUT2D eigenvalue weighted by Crippen LogP contribution is 2.25. The molecule has 0 aromatic carbocycles. The summed E-state index contributed by atoms with van der Waals surface area (Å²) < 4.78 is 0.882. The molecule has 0 aliphatic carbocycles. The van der Waals surface area contributed by atoms with E-state index in [-0.39, 0.29) is 11.9 Å². The van der Waals surface area contributed by atoms with Gasteiger partial charge in [0.15, 0.2) is 0 Å². The fourth-order valence-electron chi connectivity index (χ4n) is 1.66. The molecule has 5 heteroatoms. The number of nitrogens with zero attached hydrogens (tertiary/aromatic N) is 1. The van der Waals surface area contributed by atoms with E-state index in [4.69, 9.17) is 0 Å². The molecule has 1 amide bonds. The third kappa shape index (κ3) is 3.02. The molecule has 0 saturated heterocycles. The average Bonchev–Trinajstić information content (AvgIpc) is 2.98. The quantitative estimate of drug-likeness (QED) is 0.811. The molecule has 2 nitrogen and oxygen atoms in total. The van der Waals surface area contributed by atoms with Crippen LogP contribution in [0.3, 0.4) is 0 Å². The Morgan fingerprint density at radius 3 is 2.72 bits per heavy atom. The van der Waals surface area contributed by atoms with Crippen LogP contribution in [0.4, 0.5) is 0 Å². The van der Waals surface area contributed by atoms with Crippen LogP contribution in [-0.4, -0.2) is 23.9 Å². The summed E-state index contributed by atoms with van der Waals surface area (Å²) in [5.74, 6) is 0.0842. The predicted molar refractivity (Wildman–Crippen MR) is 81.6 cm³/mol. The molecule has 1 unspecified atom stereocenters. The normalized spacial score (nSPS) is 12.4. The number of carbonyl (C=O) groups is 1. The first-order valence-corrected chi connectivity index (χ1v) is 8.17. The minimum atomic E-state index is 0.0842. The van der Waals surface area contributed by atoms with Gasteiger partial charge in [0.2, 0.25) is 0 Å². The molecular formula is C13H14BrNOS2. The van der Waals surface area contributed by atoms with Crippen LogP contribution in [0.5, 0.6) is 0 Å². The van der Waals surface area contributed by atoms with Gasteiger partial charge in [-0.2, -0.15) is 0 Å². The Hall–Kier alpha value is -0.650. The van der Waals surface area contributed by atoms with Gasteiger partial charge in [-0.15, -0.1) is 22.7 Å². The van der Waals surface area contributed by atoms with E-state index in [1.165, 1.54) is 16.2 Å². The van der Waals surface area contributed by atoms with Crippen molar-refractivity contribution in [2.24, 2.45) is 0 Å². The molecule has 0 fully saturated rings. The molecule has 0 N–H and O–H groups in total.